The van der Waals surface area contributed by atoms with Crippen molar-refractivity contribution in [3.05, 3.63) is 59.5 Å². The minimum atomic E-state index is -1.63. The predicted molar refractivity (Wildman–Crippen MR) is 92.8 cm³/mol. The van der Waals surface area contributed by atoms with Crippen LogP contribution in [-0.4, -0.2) is 18.0 Å². The first-order valence-corrected chi connectivity index (χ1v) is 7.86. The zero-order valence-corrected chi connectivity index (χ0v) is 14.4. The Hall–Kier alpha value is -2.96. The minimum Gasteiger partial charge on any atom is -0.497 e. The van der Waals surface area contributed by atoms with E-state index in [4.69, 9.17) is 4.74 Å². The van der Waals surface area contributed by atoms with Crippen LogP contribution in [0.1, 0.15) is 19.4 Å². The van der Waals surface area contributed by atoms with Crippen LogP contribution in [0.15, 0.2) is 36.5 Å². The molecule has 0 aliphatic heterocycles. The maximum Gasteiger partial charge on any atom is 0.234 e. The number of rotatable bonds is 4. The van der Waals surface area contributed by atoms with E-state index in [0.29, 0.717) is 11.3 Å². The van der Waals surface area contributed by atoms with E-state index in [1.54, 1.807) is 32.2 Å². The number of methoxy groups -OCH3 is 1. The lowest BCUT2D eigenvalue weighted by atomic mass is 9.83. The lowest BCUT2D eigenvalue weighted by Crippen LogP contribution is -2.35. The molecule has 26 heavy (non-hydrogen) atoms. The van der Waals surface area contributed by atoms with Crippen molar-refractivity contribution in [1.82, 2.24) is 4.98 Å². The van der Waals surface area contributed by atoms with Gasteiger partial charge in [0.15, 0.2) is 17.5 Å². The molecule has 0 unspecified atom stereocenters. The molecule has 4 nitrogen and oxygen atoms in total. The molecule has 0 saturated carbocycles. The molecule has 0 saturated heterocycles. The van der Waals surface area contributed by atoms with Gasteiger partial charge in [0.25, 0.3) is 0 Å². The highest BCUT2D eigenvalue weighted by Gasteiger charge is 2.33. The Morgan fingerprint density at radius 2 is 1.85 bits per heavy atom. The molecule has 2 N–H and O–H groups in total. The summed E-state index contributed by atoms with van der Waals surface area (Å²) in [5.74, 6) is -4.32. The molecule has 0 spiro atoms. The number of benzene rings is 2. The largest absolute Gasteiger partial charge is 0.497 e. The number of nitrogens with one attached hydrogen (secondary N) is 2. The van der Waals surface area contributed by atoms with Crippen LogP contribution in [0.5, 0.6) is 5.75 Å². The van der Waals surface area contributed by atoms with E-state index in [-0.39, 0.29) is 0 Å². The van der Waals surface area contributed by atoms with Gasteiger partial charge < -0.3 is 15.0 Å². The number of halogens is 3. The topological polar surface area (TPSA) is 54.1 Å². The molecule has 1 aromatic heterocycles. The van der Waals surface area contributed by atoms with Gasteiger partial charge >= 0.3 is 0 Å². The number of aromatic nitrogens is 1. The summed E-state index contributed by atoms with van der Waals surface area (Å²) in [5.41, 5.74) is -0.0333. The number of aromatic amines is 1. The fourth-order valence-corrected chi connectivity index (χ4v) is 2.77. The molecule has 3 aromatic rings. The predicted octanol–water partition coefficient (Wildman–Crippen LogP) is 4.51. The van der Waals surface area contributed by atoms with Crippen molar-refractivity contribution in [3.63, 3.8) is 0 Å². The third-order valence-electron chi connectivity index (χ3n) is 4.41. The first-order valence-electron chi connectivity index (χ1n) is 7.86. The number of anilines is 1. The number of hydrogen-bond acceptors (Lipinski definition) is 2. The summed E-state index contributed by atoms with van der Waals surface area (Å²) in [7, 11) is 1.54. The second-order valence-corrected chi connectivity index (χ2v) is 6.42. The second-order valence-electron chi connectivity index (χ2n) is 6.42. The van der Waals surface area contributed by atoms with Crippen LogP contribution in [0, 0.1) is 17.5 Å². The van der Waals surface area contributed by atoms with E-state index in [9.17, 15) is 18.0 Å². The van der Waals surface area contributed by atoms with Crippen molar-refractivity contribution in [2.45, 2.75) is 19.3 Å². The van der Waals surface area contributed by atoms with Crippen LogP contribution < -0.4 is 10.1 Å². The van der Waals surface area contributed by atoms with Gasteiger partial charge in [-0.2, -0.15) is 0 Å². The molecule has 0 atom stereocenters. The average molecular weight is 362 g/mol. The molecule has 136 valence electrons. The van der Waals surface area contributed by atoms with Crippen molar-refractivity contribution < 1.29 is 22.7 Å². The molecule has 7 heteroatoms. The van der Waals surface area contributed by atoms with Crippen molar-refractivity contribution in [2.75, 3.05) is 12.4 Å². The van der Waals surface area contributed by atoms with Crippen LogP contribution in [0.25, 0.3) is 10.9 Å². The van der Waals surface area contributed by atoms with Gasteiger partial charge in [-0.15, -0.1) is 0 Å². The van der Waals surface area contributed by atoms with E-state index >= 15 is 0 Å². The van der Waals surface area contributed by atoms with Gasteiger partial charge in [-0.1, -0.05) is 0 Å². The zero-order valence-electron chi connectivity index (χ0n) is 14.4. The maximum atomic E-state index is 13.9. The highest BCUT2D eigenvalue weighted by molar-refractivity contribution is 6.02. The number of ether oxygens (including phenoxy) is 1. The normalized spacial score (nSPS) is 11.6. The van der Waals surface area contributed by atoms with Gasteiger partial charge in [-0.25, -0.2) is 13.2 Å². The standard InChI is InChI=1S/C19H17F3N2O2/c1-19(2,12-9-23-14-6-4-10(26-3)8-11(12)14)18(25)24-15-7-5-13(20)16(21)17(15)22/h4-9,23H,1-3H3,(H,24,25). The molecule has 1 heterocycles. The Labute approximate surface area is 148 Å². The Morgan fingerprint density at radius 1 is 1.12 bits per heavy atom. The second kappa shape index (κ2) is 6.40. The zero-order chi connectivity index (χ0) is 19.1. The summed E-state index contributed by atoms with van der Waals surface area (Å²) in [6.45, 7) is 3.31. The number of carbonyl (C=O) groups excluding carboxylic acids is 1. The average Bonchev–Trinajstić information content (AvgIpc) is 3.05. The van der Waals surface area contributed by atoms with Crippen LogP contribution in [-0.2, 0) is 10.2 Å². The summed E-state index contributed by atoms with van der Waals surface area (Å²) in [6, 6.07) is 7.14. The van der Waals surface area contributed by atoms with Crippen molar-refractivity contribution in [1.29, 1.82) is 0 Å². The van der Waals surface area contributed by atoms with Gasteiger partial charge in [0, 0.05) is 17.1 Å². The van der Waals surface area contributed by atoms with Crippen molar-refractivity contribution in [3.8, 4) is 5.75 Å². The monoisotopic (exact) mass is 362 g/mol. The third kappa shape index (κ3) is 2.89. The molecule has 3 rings (SSSR count). The smallest absolute Gasteiger partial charge is 0.234 e. The number of fused-ring (bicyclic) bond motifs is 1. The molecule has 0 aliphatic rings. The number of H-pyrrole nitrogens is 1. The van der Waals surface area contributed by atoms with E-state index < -0.39 is 34.5 Å². The first kappa shape index (κ1) is 17.8. The molecular formula is C19H17F3N2O2. The number of carbonyl (C=O) groups is 1. The van der Waals surface area contributed by atoms with Gasteiger partial charge in [0.2, 0.25) is 5.91 Å². The molecule has 0 fully saturated rings. The quantitative estimate of drug-likeness (QED) is 0.671. The molecular weight excluding hydrogens is 345 g/mol. The fourth-order valence-electron chi connectivity index (χ4n) is 2.77. The van der Waals surface area contributed by atoms with Gasteiger partial charge in [0.05, 0.1) is 18.2 Å². The molecule has 2 aromatic carbocycles. The Balaban J connectivity index is 1.97. The van der Waals surface area contributed by atoms with Gasteiger partial charge in [-0.05, 0) is 49.7 Å². The van der Waals surface area contributed by atoms with Gasteiger partial charge in [0.1, 0.15) is 5.75 Å². The Kier molecular flexibility index (Phi) is 4.39. The van der Waals surface area contributed by atoms with E-state index in [1.807, 2.05) is 6.07 Å². The molecule has 0 bridgehead atoms. The van der Waals surface area contributed by atoms with Crippen LogP contribution in [0.3, 0.4) is 0 Å². The maximum absolute atomic E-state index is 13.9. The Morgan fingerprint density at radius 3 is 2.54 bits per heavy atom. The highest BCUT2D eigenvalue weighted by Crippen LogP contribution is 2.34. The lowest BCUT2D eigenvalue weighted by molar-refractivity contribution is -0.120. The highest BCUT2D eigenvalue weighted by atomic mass is 19.2. The van der Waals surface area contributed by atoms with Crippen LogP contribution in [0.2, 0.25) is 0 Å². The Bertz CT molecular complexity index is 996. The summed E-state index contributed by atoms with van der Waals surface area (Å²) >= 11 is 0. The SMILES string of the molecule is COc1ccc2[nH]cc(C(C)(C)C(=O)Nc3ccc(F)c(F)c3F)c2c1. The summed E-state index contributed by atoms with van der Waals surface area (Å²) in [5, 5.41) is 3.11. The van der Waals surface area contributed by atoms with E-state index in [1.165, 1.54) is 7.11 Å². The fraction of sp³-hybridized carbons (Fsp3) is 0.211. The molecule has 1 amide bonds. The summed E-state index contributed by atoms with van der Waals surface area (Å²) in [4.78, 5) is 15.8. The summed E-state index contributed by atoms with van der Waals surface area (Å²) < 4.78 is 45.5. The van der Waals surface area contributed by atoms with Gasteiger partial charge in [-0.3, -0.25) is 4.79 Å². The molecule has 0 radical (unpaired) electrons. The van der Waals surface area contributed by atoms with Crippen LogP contribution >= 0.6 is 0 Å². The van der Waals surface area contributed by atoms with Crippen LogP contribution in [0.4, 0.5) is 18.9 Å². The van der Waals surface area contributed by atoms with E-state index in [2.05, 4.69) is 10.3 Å². The minimum absolute atomic E-state index is 0.417. The number of amides is 1. The lowest BCUT2D eigenvalue weighted by Gasteiger charge is -2.23. The summed E-state index contributed by atoms with van der Waals surface area (Å²) in [6.07, 6.45) is 1.69. The van der Waals surface area contributed by atoms with Crippen molar-refractivity contribution in [2.24, 2.45) is 0 Å². The first-order chi connectivity index (χ1) is 12.3. The van der Waals surface area contributed by atoms with Crippen molar-refractivity contribution >= 4 is 22.5 Å². The molecule has 0 aliphatic carbocycles. The van der Waals surface area contributed by atoms with E-state index in [0.717, 1.165) is 23.0 Å². The number of hydrogen-bond donors (Lipinski definition) is 2. The third-order valence-corrected chi connectivity index (χ3v) is 4.41.